The number of nitrogens with zero attached hydrogens (tertiary/aromatic N) is 3. The number of anilines is 1. The number of aromatic nitrogens is 3. The molecule has 0 atom stereocenters. The number of aryl methyl sites for hydroxylation is 2. The maximum Gasteiger partial charge on any atom is 0.270 e. The second-order valence-corrected chi connectivity index (χ2v) is 8.24. The van der Waals surface area contributed by atoms with E-state index in [0.717, 1.165) is 16.8 Å². The van der Waals surface area contributed by atoms with E-state index in [-0.39, 0.29) is 24.1 Å². The molecule has 1 aromatic carbocycles. The number of hydrogen-bond acceptors (Lipinski definition) is 5. The van der Waals surface area contributed by atoms with Gasteiger partial charge in [-0.2, -0.15) is 0 Å². The Kier molecular flexibility index (Phi) is 6.27. The van der Waals surface area contributed by atoms with Crippen molar-refractivity contribution in [1.82, 2.24) is 19.7 Å². The van der Waals surface area contributed by atoms with Crippen LogP contribution in [-0.2, 0) is 4.79 Å². The molecule has 0 saturated carbocycles. The molecular weight excluding hydrogens is 429 g/mol. The number of imidazole rings is 1. The Balaban J connectivity index is 1.27. The van der Waals surface area contributed by atoms with Gasteiger partial charge in [0.05, 0.1) is 11.4 Å². The largest absolute Gasteiger partial charge is 0.351 e. The maximum absolute atomic E-state index is 13.1. The molecule has 0 unspecified atom stereocenters. The SMILES string of the molecule is Cc1nc2c(C)cccn2c1C(=O)NCCCC(=O)Nc1nc(-c2ccc(F)cc2)cs1. The zero-order valence-corrected chi connectivity index (χ0v) is 18.5. The molecule has 0 saturated heterocycles. The van der Waals surface area contributed by atoms with Gasteiger partial charge in [-0.15, -0.1) is 11.3 Å². The van der Waals surface area contributed by atoms with Crippen molar-refractivity contribution in [2.45, 2.75) is 26.7 Å². The highest BCUT2D eigenvalue weighted by Gasteiger charge is 2.17. The molecule has 7 nitrogen and oxygen atoms in total. The van der Waals surface area contributed by atoms with Gasteiger partial charge in [0, 0.05) is 30.1 Å². The lowest BCUT2D eigenvalue weighted by molar-refractivity contribution is -0.116. The van der Waals surface area contributed by atoms with E-state index in [1.165, 1.54) is 23.5 Å². The summed E-state index contributed by atoms with van der Waals surface area (Å²) in [5.74, 6) is -0.706. The van der Waals surface area contributed by atoms with Crippen LogP contribution in [0.3, 0.4) is 0 Å². The predicted molar refractivity (Wildman–Crippen MR) is 122 cm³/mol. The lowest BCUT2D eigenvalue weighted by atomic mass is 10.2. The van der Waals surface area contributed by atoms with Crippen molar-refractivity contribution in [3.8, 4) is 11.3 Å². The fraction of sp³-hybridized carbons (Fsp3) is 0.217. The van der Waals surface area contributed by atoms with Crippen LogP contribution in [-0.4, -0.2) is 32.7 Å². The molecule has 0 aliphatic heterocycles. The molecule has 0 spiro atoms. The van der Waals surface area contributed by atoms with Crippen molar-refractivity contribution in [3.05, 3.63) is 70.7 Å². The molecule has 4 rings (SSSR count). The summed E-state index contributed by atoms with van der Waals surface area (Å²) < 4.78 is 14.8. The molecule has 0 radical (unpaired) electrons. The molecule has 9 heteroatoms. The van der Waals surface area contributed by atoms with Gasteiger partial charge in [0.25, 0.3) is 5.91 Å². The molecule has 32 heavy (non-hydrogen) atoms. The zero-order chi connectivity index (χ0) is 22.7. The summed E-state index contributed by atoms with van der Waals surface area (Å²) in [5.41, 5.74) is 4.38. The Morgan fingerprint density at radius 1 is 1.12 bits per heavy atom. The number of thiazole rings is 1. The van der Waals surface area contributed by atoms with Crippen molar-refractivity contribution < 1.29 is 14.0 Å². The molecule has 3 aromatic heterocycles. The summed E-state index contributed by atoms with van der Waals surface area (Å²) in [7, 11) is 0. The second-order valence-electron chi connectivity index (χ2n) is 7.38. The number of fused-ring (bicyclic) bond motifs is 1. The van der Waals surface area contributed by atoms with Crippen LogP contribution in [0, 0.1) is 19.7 Å². The minimum Gasteiger partial charge on any atom is -0.351 e. The molecular formula is C23H22FN5O2S. The molecule has 164 valence electrons. The Labute approximate surface area is 188 Å². The van der Waals surface area contributed by atoms with Crippen molar-refractivity contribution in [1.29, 1.82) is 0 Å². The fourth-order valence-corrected chi connectivity index (χ4v) is 4.13. The van der Waals surface area contributed by atoms with E-state index in [1.807, 2.05) is 37.6 Å². The highest BCUT2D eigenvalue weighted by atomic mass is 32.1. The average Bonchev–Trinajstić information content (AvgIpc) is 3.36. The standard InChI is InChI=1S/C23H22FN5O2S/c1-14-5-4-12-29-20(15(2)26-21(14)29)22(31)25-11-3-6-19(30)28-23-27-18(13-32-23)16-7-9-17(24)10-8-16/h4-5,7-10,12-13H,3,6,11H2,1-2H3,(H,25,31)(H,27,28,30). The van der Waals surface area contributed by atoms with E-state index in [4.69, 9.17) is 0 Å². The molecule has 0 bridgehead atoms. The van der Waals surface area contributed by atoms with Crippen LogP contribution in [0.4, 0.5) is 9.52 Å². The summed E-state index contributed by atoms with van der Waals surface area (Å²) in [6.07, 6.45) is 2.55. The van der Waals surface area contributed by atoms with Gasteiger partial charge in [0.1, 0.15) is 17.2 Å². The highest BCUT2D eigenvalue weighted by molar-refractivity contribution is 7.14. The molecule has 4 aromatic rings. The third-order valence-electron chi connectivity index (χ3n) is 4.99. The first-order chi connectivity index (χ1) is 15.4. The summed E-state index contributed by atoms with van der Waals surface area (Å²) in [5, 5.41) is 7.92. The first kappa shape index (κ1) is 21.6. The minimum absolute atomic E-state index is 0.180. The minimum atomic E-state index is -0.309. The number of carbonyl (C=O) groups excluding carboxylic acids is 2. The van der Waals surface area contributed by atoms with Gasteiger partial charge in [-0.3, -0.25) is 14.0 Å². The van der Waals surface area contributed by atoms with Gasteiger partial charge >= 0.3 is 0 Å². The van der Waals surface area contributed by atoms with Crippen LogP contribution in [0.15, 0.2) is 48.0 Å². The van der Waals surface area contributed by atoms with Crippen molar-refractivity contribution in [2.24, 2.45) is 0 Å². The van der Waals surface area contributed by atoms with Crippen molar-refractivity contribution in [2.75, 3.05) is 11.9 Å². The number of benzene rings is 1. The fourth-order valence-electron chi connectivity index (χ4n) is 3.39. The topological polar surface area (TPSA) is 88.4 Å². The van der Waals surface area contributed by atoms with Crippen LogP contribution in [0.5, 0.6) is 0 Å². The summed E-state index contributed by atoms with van der Waals surface area (Å²) >= 11 is 1.31. The van der Waals surface area contributed by atoms with E-state index >= 15 is 0 Å². The van der Waals surface area contributed by atoms with Crippen LogP contribution in [0.25, 0.3) is 16.9 Å². The second kappa shape index (κ2) is 9.27. The van der Waals surface area contributed by atoms with Gasteiger partial charge in [0.15, 0.2) is 5.13 Å². The zero-order valence-electron chi connectivity index (χ0n) is 17.7. The van der Waals surface area contributed by atoms with Gasteiger partial charge in [0.2, 0.25) is 5.91 Å². The third-order valence-corrected chi connectivity index (χ3v) is 5.75. The molecule has 3 heterocycles. The van der Waals surface area contributed by atoms with Gasteiger partial charge < -0.3 is 10.6 Å². The Hall–Kier alpha value is -3.59. The number of carbonyl (C=O) groups is 2. The van der Waals surface area contributed by atoms with Crippen molar-refractivity contribution in [3.63, 3.8) is 0 Å². The van der Waals surface area contributed by atoms with Gasteiger partial charge in [-0.1, -0.05) is 6.07 Å². The van der Waals surface area contributed by atoms with E-state index < -0.39 is 0 Å². The Bertz CT molecular complexity index is 1280. The van der Waals surface area contributed by atoms with E-state index in [2.05, 4.69) is 20.6 Å². The van der Waals surface area contributed by atoms with Gasteiger partial charge in [-0.25, -0.2) is 14.4 Å². The Morgan fingerprint density at radius 3 is 2.69 bits per heavy atom. The maximum atomic E-state index is 13.1. The van der Waals surface area contributed by atoms with Crippen molar-refractivity contribution >= 4 is 33.9 Å². The smallest absolute Gasteiger partial charge is 0.270 e. The first-order valence-corrected chi connectivity index (χ1v) is 11.0. The molecule has 0 fully saturated rings. The summed E-state index contributed by atoms with van der Waals surface area (Å²) in [6.45, 7) is 4.12. The number of halogens is 1. The summed E-state index contributed by atoms with van der Waals surface area (Å²) in [6, 6.07) is 9.86. The normalized spacial score (nSPS) is 11.0. The number of amides is 2. The number of nitrogens with one attached hydrogen (secondary N) is 2. The molecule has 0 aliphatic carbocycles. The Morgan fingerprint density at radius 2 is 1.91 bits per heavy atom. The van der Waals surface area contributed by atoms with Crippen LogP contribution in [0.1, 0.15) is 34.6 Å². The van der Waals surface area contributed by atoms with E-state index in [0.29, 0.717) is 35.2 Å². The van der Waals surface area contributed by atoms with E-state index in [9.17, 15) is 14.0 Å². The number of hydrogen-bond donors (Lipinski definition) is 2. The average molecular weight is 452 g/mol. The van der Waals surface area contributed by atoms with Gasteiger partial charge in [-0.05, 0) is 56.2 Å². The highest BCUT2D eigenvalue weighted by Crippen LogP contribution is 2.25. The quantitative estimate of drug-likeness (QED) is 0.409. The molecule has 2 N–H and O–H groups in total. The van der Waals surface area contributed by atoms with E-state index in [1.54, 1.807) is 16.5 Å². The van der Waals surface area contributed by atoms with Crippen LogP contribution >= 0.6 is 11.3 Å². The number of pyridine rings is 1. The van der Waals surface area contributed by atoms with Crippen LogP contribution < -0.4 is 10.6 Å². The lowest BCUT2D eigenvalue weighted by Crippen LogP contribution is -2.27. The predicted octanol–water partition coefficient (Wildman–Crippen LogP) is 4.36. The van der Waals surface area contributed by atoms with Crippen LogP contribution in [0.2, 0.25) is 0 Å². The monoisotopic (exact) mass is 451 g/mol. The molecule has 0 aliphatic rings. The summed E-state index contributed by atoms with van der Waals surface area (Å²) in [4.78, 5) is 33.7. The number of rotatable bonds is 7. The molecule has 2 amide bonds. The lowest BCUT2D eigenvalue weighted by Gasteiger charge is -2.06. The first-order valence-electron chi connectivity index (χ1n) is 10.2. The third kappa shape index (κ3) is 4.67.